The predicted molar refractivity (Wildman–Crippen MR) is 85.6 cm³/mol. The summed E-state index contributed by atoms with van der Waals surface area (Å²) in [6.07, 6.45) is 1.76. The molecule has 112 valence electrons. The summed E-state index contributed by atoms with van der Waals surface area (Å²) in [5.74, 6) is 1.08. The van der Waals surface area contributed by atoms with Gasteiger partial charge in [0.15, 0.2) is 0 Å². The van der Waals surface area contributed by atoms with Gasteiger partial charge in [-0.25, -0.2) is 0 Å². The third kappa shape index (κ3) is 4.59. The quantitative estimate of drug-likeness (QED) is 0.233. The second kappa shape index (κ2) is 7.38. The van der Waals surface area contributed by atoms with Crippen molar-refractivity contribution in [1.29, 1.82) is 0 Å². The molecule has 1 rings (SSSR count). The molecule has 6 heteroatoms. The third-order valence-corrected chi connectivity index (χ3v) is 3.88. The lowest BCUT2D eigenvalue weighted by Crippen LogP contribution is -2.32. The Bertz CT molecular complexity index is 475. The maximum absolute atomic E-state index is 8.72. The van der Waals surface area contributed by atoms with E-state index >= 15 is 0 Å². The number of halogens is 1. The zero-order valence-electron chi connectivity index (χ0n) is 12.1. The molecule has 1 aromatic rings. The molecule has 0 atom stereocenters. The maximum Gasteiger partial charge on any atom is 0.144 e. The normalized spacial score (nSPS) is 12.3. The number of anilines is 1. The van der Waals surface area contributed by atoms with E-state index in [-0.39, 0.29) is 11.3 Å². The number of methoxy groups -OCH3 is 1. The van der Waals surface area contributed by atoms with Crippen molar-refractivity contribution in [3.8, 4) is 5.75 Å². The summed E-state index contributed by atoms with van der Waals surface area (Å²) in [4.78, 5) is 0. The molecule has 0 radical (unpaired) electrons. The zero-order valence-corrected chi connectivity index (χ0v) is 13.7. The van der Waals surface area contributed by atoms with E-state index in [4.69, 9.17) is 15.7 Å². The van der Waals surface area contributed by atoms with Gasteiger partial charge in [0.1, 0.15) is 11.6 Å². The average Bonchev–Trinajstić information content (AvgIpc) is 2.42. The monoisotopic (exact) mass is 343 g/mol. The van der Waals surface area contributed by atoms with Crippen molar-refractivity contribution >= 4 is 27.5 Å². The Hall–Kier alpha value is -1.43. The number of nitrogens with zero attached hydrogens (tertiary/aromatic N) is 1. The standard InChI is InChI=1S/C14H22BrN3O2/c1-14(2,13(16)18-19)7-4-8-17-10-5-6-12(20-3)11(15)9-10/h5-6,9,17,19H,4,7-8H2,1-3H3,(H2,16,18). The highest BCUT2D eigenvalue weighted by Crippen LogP contribution is 2.28. The fourth-order valence-electron chi connectivity index (χ4n) is 1.80. The van der Waals surface area contributed by atoms with Crippen molar-refractivity contribution in [3.05, 3.63) is 22.7 Å². The van der Waals surface area contributed by atoms with E-state index in [1.165, 1.54) is 0 Å². The fraction of sp³-hybridized carbons (Fsp3) is 0.500. The minimum absolute atomic E-state index is 0.268. The average molecular weight is 344 g/mol. The molecule has 0 spiro atoms. The van der Waals surface area contributed by atoms with Crippen molar-refractivity contribution in [2.24, 2.45) is 16.3 Å². The molecule has 0 aliphatic heterocycles. The Morgan fingerprint density at radius 2 is 2.20 bits per heavy atom. The van der Waals surface area contributed by atoms with Crippen LogP contribution in [0.25, 0.3) is 0 Å². The number of rotatable bonds is 7. The lowest BCUT2D eigenvalue weighted by Gasteiger charge is -2.22. The van der Waals surface area contributed by atoms with E-state index in [1.807, 2.05) is 32.0 Å². The zero-order chi connectivity index (χ0) is 15.2. The van der Waals surface area contributed by atoms with Crippen LogP contribution < -0.4 is 15.8 Å². The van der Waals surface area contributed by atoms with Crippen molar-refractivity contribution in [3.63, 3.8) is 0 Å². The number of ether oxygens (including phenoxy) is 1. The molecular formula is C14H22BrN3O2. The van der Waals surface area contributed by atoms with Crippen LogP contribution in [0.3, 0.4) is 0 Å². The van der Waals surface area contributed by atoms with Gasteiger partial charge in [0, 0.05) is 17.6 Å². The van der Waals surface area contributed by atoms with Crippen LogP contribution in [0.5, 0.6) is 5.75 Å². The number of hydrogen-bond acceptors (Lipinski definition) is 4. The number of hydrogen-bond donors (Lipinski definition) is 3. The Morgan fingerprint density at radius 1 is 1.50 bits per heavy atom. The first-order chi connectivity index (χ1) is 9.40. The number of nitrogens with two attached hydrogens (primary N) is 1. The van der Waals surface area contributed by atoms with Crippen molar-refractivity contribution in [2.45, 2.75) is 26.7 Å². The lowest BCUT2D eigenvalue weighted by molar-refractivity contribution is 0.305. The van der Waals surface area contributed by atoms with Crippen LogP contribution in [-0.2, 0) is 0 Å². The molecule has 0 heterocycles. The third-order valence-electron chi connectivity index (χ3n) is 3.26. The summed E-state index contributed by atoms with van der Waals surface area (Å²) < 4.78 is 6.10. The highest BCUT2D eigenvalue weighted by atomic mass is 79.9. The highest BCUT2D eigenvalue weighted by molar-refractivity contribution is 9.10. The van der Waals surface area contributed by atoms with Crippen LogP contribution in [0.2, 0.25) is 0 Å². The molecule has 0 fully saturated rings. The van der Waals surface area contributed by atoms with Crippen molar-refractivity contribution in [2.75, 3.05) is 19.0 Å². The second-order valence-corrected chi connectivity index (χ2v) is 6.10. The van der Waals surface area contributed by atoms with Crippen LogP contribution in [0.4, 0.5) is 5.69 Å². The topological polar surface area (TPSA) is 79.9 Å². The number of nitrogens with one attached hydrogen (secondary N) is 1. The summed E-state index contributed by atoms with van der Waals surface area (Å²) >= 11 is 3.45. The molecule has 20 heavy (non-hydrogen) atoms. The first-order valence-electron chi connectivity index (χ1n) is 6.46. The Kier molecular flexibility index (Phi) is 6.13. The van der Waals surface area contributed by atoms with Gasteiger partial charge in [-0.1, -0.05) is 19.0 Å². The first-order valence-corrected chi connectivity index (χ1v) is 7.25. The minimum Gasteiger partial charge on any atom is -0.496 e. The largest absolute Gasteiger partial charge is 0.496 e. The fourth-order valence-corrected chi connectivity index (χ4v) is 2.34. The molecule has 0 aliphatic carbocycles. The maximum atomic E-state index is 8.72. The van der Waals surface area contributed by atoms with Crippen LogP contribution in [0.15, 0.2) is 27.8 Å². The van der Waals surface area contributed by atoms with Crippen LogP contribution >= 0.6 is 15.9 Å². The lowest BCUT2D eigenvalue weighted by atomic mass is 9.86. The van der Waals surface area contributed by atoms with E-state index in [9.17, 15) is 0 Å². The van der Waals surface area contributed by atoms with E-state index in [0.717, 1.165) is 35.3 Å². The smallest absolute Gasteiger partial charge is 0.144 e. The van der Waals surface area contributed by atoms with E-state index in [2.05, 4.69) is 26.4 Å². The minimum atomic E-state index is -0.295. The molecule has 0 aromatic heterocycles. The van der Waals surface area contributed by atoms with Gasteiger partial charge in [0.2, 0.25) is 0 Å². The van der Waals surface area contributed by atoms with Gasteiger partial charge in [-0.05, 0) is 47.0 Å². The SMILES string of the molecule is COc1ccc(NCCCC(C)(C)C(N)=NO)cc1Br. The molecule has 1 aromatic carbocycles. The van der Waals surface area contributed by atoms with Crippen LogP contribution in [0.1, 0.15) is 26.7 Å². The molecular weight excluding hydrogens is 322 g/mol. The summed E-state index contributed by atoms with van der Waals surface area (Å²) in [6, 6.07) is 5.86. The van der Waals surface area contributed by atoms with Gasteiger partial charge in [0.05, 0.1) is 11.6 Å². The Labute approximate surface area is 128 Å². The Balaban J connectivity index is 2.44. The van der Waals surface area contributed by atoms with Crippen LogP contribution in [0, 0.1) is 5.41 Å². The van der Waals surface area contributed by atoms with Crippen molar-refractivity contribution < 1.29 is 9.94 Å². The molecule has 5 nitrogen and oxygen atoms in total. The van der Waals surface area contributed by atoms with Gasteiger partial charge >= 0.3 is 0 Å². The first kappa shape index (κ1) is 16.6. The summed E-state index contributed by atoms with van der Waals surface area (Å²) in [7, 11) is 1.64. The van der Waals surface area contributed by atoms with Crippen molar-refractivity contribution in [1.82, 2.24) is 0 Å². The summed E-state index contributed by atoms with van der Waals surface area (Å²) in [5.41, 5.74) is 6.39. The highest BCUT2D eigenvalue weighted by Gasteiger charge is 2.22. The van der Waals surface area contributed by atoms with E-state index in [0.29, 0.717) is 0 Å². The van der Waals surface area contributed by atoms with Gasteiger partial charge in [-0.2, -0.15) is 0 Å². The second-order valence-electron chi connectivity index (χ2n) is 5.25. The Morgan fingerprint density at radius 3 is 2.75 bits per heavy atom. The van der Waals surface area contributed by atoms with Gasteiger partial charge in [-0.3, -0.25) is 0 Å². The molecule has 0 saturated heterocycles. The van der Waals surface area contributed by atoms with Gasteiger partial charge < -0.3 is 21.0 Å². The number of benzene rings is 1. The molecule has 0 unspecified atom stereocenters. The predicted octanol–water partition coefficient (Wildman–Crippen LogP) is 3.42. The number of amidine groups is 1. The molecule has 0 bridgehead atoms. The summed E-state index contributed by atoms with van der Waals surface area (Å²) in [6.45, 7) is 4.75. The molecule has 0 aliphatic rings. The van der Waals surface area contributed by atoms with Gasteiger partial charge in [-0.15, -0.1) is 0 Å². The van der Waals surface area contributed by atoms with Gasteiger partial charge in [0.25, 0.3) is 0 Å². The molecule has 0 saturated carbocycles. The van der Waals surface area contributed by atoms with E-state index in [1.54, 1.807) is 7.11 Å². The summed E-state index contributed by atoms with van der Waals surface area (Å²) in [5, 5.41) is 15.1. The van der Waals surface area contributed by atoms with Crippen LogP contribution in [-0.4, -0.2) is 24.7 Å². The number of oxime groups is 1. The molecule has 4 N–H and O–H groups in total. The van der Waals surface area contributed by atoms with E-state index < -0.39 is 0 Å². The molecule has 0 amide bonds.